The van der Waals surface area contributed by atoms with Gasteiger partial charge in [-0.25, -0.2) is 0 Å². The van der Waals surface area contributed by atoms with Crippen molar-refractivity contribution in [2.24, 2.45) is 0 Å². The van der Waals surface area contributed by atoms with Crippen molar-refractivity contribution in [3.05, 3.63) is 52.2 Å². The number of thiophene rings is 1. The number of carbonyl (C=O) groups is 3. The Bertz CT molecular complexity index is 932. The zero-order valence-electron chi connectivity index (χ0n) is 18.1. The van der Waals surface area contributed by atoms with E-state index in [-0.39, 0.29) is 36.3 Å². The van der Waals surface area contributed by atoms with Crippen LogP contribution in [0.3, 0.4) is 0 Å². The molecule has 2 aliphatic rings. The van der Waals surface area contributed by atoms with Crippen LogP contribution in [0.1, 0.15) is 59.2 Å². The maximum atomic E-state index is 12.7. The van der Waals surface area contributed by atoms with Crippen molar-refractivity contribution in [3.8, 4) is 0 Å². The van der Waals surface area contributed by atoms with Gasteiger partial charge in [-0.2, -0.15) is 11.3 Å². The van der Waals surface area contributed by atoms with E-state index in [1.165, 1.54) is 11.3 Å². The average molecular weight is 455 g/mol. The standard InChI is InChI=1S/C24H30N4O3S/c29-22(15-28-12-9-19(10-13-28)25-23(30)17-11-14-32-16-17)27-21-8-4-3-7-20(21)24(31)26-18-5-1-2-6-18/h3-4,7-8,11,14,16,18-19H,1-2,5-6,9-10,12-13,15H2,(H,25,30)(H,26,31)(H,27,29). The molecule has 0 unspecified atom stereocenters. The molecular weight excluding hydrogens is 424 g/mol. The molecule has 0 atom stereocenters. The number of piperidine rings is 1. The normalized spacial score (nSPS) is 17.8. The number of nitrogens with one attached hydrogen (secondary N) is 3. The van der Waals surface area contributed by atoms with Gasteiger partial charge in [0.15, 0.2) is 0 Å². The summed E-state index contributed by atoms with van der Waals surface area (Å²) in [5.41, 5.74) is 1.75. The highest BCUT2D eigenvalue weighted by Gasteiger charge is 2.24. The second-order valence-electron chi connectivity index (χ2n) is 8.58. The van der Waals surface area contributed by atoms with E-state index in [2.05, 4.69) is 20.9 Å². The molecule has 2 heterocycles. The second kappa shape index (κ2) is 10.7. The lowest BCUT2D eigenvalue weighted by atomic mass is 10.0. The number of anilines is 1. The fraction of sp³-hybridized carbons (Fsp3) is 0.458. The monoisotopic (exact) mass is 454 g/mol. The van der Waals surface area contributed by atoms with Crippen LogP contribution in [0.4, 0.5) is 5.69 Å². The third kappa shape index (κ3) is 5.95. The zero-order valence-corrected chi connectivity index (χ0v) is 19.0. The van der Waals surface area contributed by atoms with Crippen LogP contribution in [0.25, 0.3) is 0 Å². The lowest BCUT2D eigenvalue weighted by Crippen LogP contribution is -2.46. The Hall–Kier alpha value is -2.71. The number of amides is 3. The van der Waals surface area contributed by atoms with Crippen molar-refractivity contribution in [2.45, 2.75) is 50.6 Å². The molecule has 4 rings (SSSR count). The van der Waals surface area contributed by atoms with Gasteiger partial charge in [0.1, 0.15) is 0 Å². The molecule has 2 fully saturated rings. The molecule has 0 radical (unpaired) electrons. The summed E-state index contributed by atoms with van der Waals surface area (Å²) >= 11 is 1.51. The number of carbonyl (C=O) groups excluding carboxylic acids is 3. The maximum Gasteiger partial charge on any atom is 0.253 e. The molecule has 2 aromatic rings. The van der Waals surface area contributed by atoms with Crippen LogP contribution in [0.15, 0.2) is 41.1 Å². The van der Waals surface area contributed by atoms with E-state index in [1.807, 2.05) is 29.0 Å². The second-order valence-corrected chi connectivity index (χ2v) is 9.36. The minimum atomic E-state index is -0.133. The third-order valence-electron chi connectivity index (χ3n) is 6.21. The molecule has 1 aliphatic carbocycles. The molecule has 1 saturated carbocycles. The van der Waals surface area contributed by atoms with E-state index in [1.54, 1.807) is 12.1 Å². The summed E-state index contributed by atoms with van der Waals surface area (Å²) in [5, 5.41) is 12.8. The topological polar surface area (TPSA) is 90.5 Å². The molecule has 1 aromatic heterocycles. The van der Waals surface area contributed by atoms with Gasteiger partial charge in [0, 0.05) is 36.1 Å². The summed E-state index contributed by atoms with van der Waals surface area (Å²) in [7, 11) is 0. The van der Waals surface area contributed by atoms with E-state index >= 15 is 0 Å². The first kappa shape index (κ1) is 22.5. The summed E-state index contributed by atoms with van der Waals surface area (Å²) in [6.45, 7) is 1.75. The van der Waals surface area contributed by atoms with E-state index in [0.29, 0.717) is 16.8 Å². The van der Waals surface area contributed by atoms with Crippen molar-refractivity contribution >= 4 is 34.7 Å². The highest BCUT2D eigenvalue weighted by atomic mass is 32.1. The molecule has 0 bridgehead atoms. The Morgan fingerprint density at radius 3 is 2.31 bits per heavy atom. The number of nitrogens with zero attached hydrogens (tertiary/aromatic N) is 1. The highest BCUT2D eigenvalue weighted by Crippen LogP contribution is 2.20. The SMILES string of the molecule is O=C(CN1CCC(NC(=O)c2ccsc2)CC1)Nc1ccccc1C(=O)NC1CCCC1. The molecule has 32 heavy (non-hydrogen) atoms. The van der Waals surface area contributed by atoms with Gasteiger partial charge in [-0.3, -0.25) is 19.3 Å². The minimum absolute atomic E-state index is 0.0325. The highest BCUT2D eigenvalue weighted by molar-refractivity contribution is 7.08. The minimum Gasteiger partial charge on any atom is -0.349 e. The van der Waals surface area contributed by atoms with Crippen molar-refractivity contribution < 1.29 is 14.4 Å². The molecule has 1 saturated heterocycles. The molecular formula is C24H30N4O3S. The fourth-order valence-corrected chi connectivity index (χ4v) is 5.05. The van der Waals surface area contributed by atoms with Crippen LogP contribution in [-0.4, -0.2) is 54.3 Å². The summed E-state index contributed by atoms with van der Waals surface area (Å²) < 4.78 is 0. The van der Waals surface area contributed by atoms with Gasteiger partial charge in [0.25, 0.3) is 11.8 Å². The first-order valence-corrected chi connectivity index (χ1v) is 12.3. The smallest absolute Gasteiger partial charge is 0.253 e. The molecule has 170 valence electrons. The Balaban J connectivity index is 1.25. The van der Waals surface area contributed by atoms with E-state index < -0.39 is 0 Å². The van der Waals surface area contributed by atoms with Crippen LogP contribution in [0.5, 0.6) is 0 Å². The first-order valence-electron chi connectivity index (χ1n) is 11.3. The molecule has 3 N–H and O–H groups in total. The Kier molecular flexibility index (Phi) is 7.55. The van der Waals surface area contributed by atoms with E-state index in [4.69, 9.17) is 0 Å². The lowest BCUT2D eigenvalue weighted by Gasteiger charge is -2.31. The summed E-state index contributed by atoms with van der Waals surface area (Å²) in [6.07, 6.45) is 5.95. The molecule has 8 heteroatoms. The van der Waals surface area contributed by atoms with Crippen molar-refractivity contribution in [1.29, 1.82) is 0 Å². The Morgan fingerprint density at radius 1 is 0.906 bits per heavy atom. The van der Waals surface area contributed by atoms with Gasteiger partial charge in [-0.15, -0.1) is 0 Å². The Morgan fingerprint density at radius 2 is 1.59 bits per heavy atom. The van der Waals surface area contributed by atoms with Gasteiger partial charge in [0.2, 0.25) is 5.91 Å². The zero-order chi connectivity index (χ0) is 22.3. The van der Waals surface area contributed by atoms with E-state index in [9.17, 15) is 14.4 Å². The molecule has 1 aliphatic heterocycles. The van der Waals surface area contributed by atoms with Crippen molar-refractivity contribution in [3.63, 3.8) is 0 Å². The first-order chi connectivity index (χ1) is 15.6. The number of rotatable bonds is 7. The third-order valence-corrected chi connectivity index (χ3v) is 6.89. The number of para-hydroxylation sites is 1. The largest absolute Gasteiger partial charge is 0.349 e. The predicted octanol–water partition coefficient (Wildman–Crippen LogP) is 3.25. The lowest BCUT2D eigenvalue weighted by molar-refractivity contribution is -0.117. The Labute approximate surface area is 192 Å². The quantitative estimate of drug-likeness (QED) is 0.599. The van der Waals surface area contributed by atoms with Crippen LogP contribution in [-0.2, 0) is 4.79 Å². The number of benzene rings is 1. The van der Waals surface area contributed by atoms with Gasteiger partial charge in [0.05, 0.1) is 17.8 Å². The number of likely N-dealkylation sites (tertiary alicyclic amines) is 1. The average Bonchev–Trinajstić information content (AvgIpc) is 3.50. The van der Waals surface area contributed by atoms with Crippen molar-refractivity contribution in [2.75, 3.05) is 25.0 Å². The van der Waals surface area contributed by atoms with Gasteiger partial charge < -0.3 is 16.0 Å². The molecule has 1 aromatic carbocycles. The van der Waals surface area contributed by atoms with Gasteiger partial charge in [-0.1, -0.05) is 25.0 Å². The van der Waals surface area contributed by atoms with Crippen LogP contribution in [0, 0.1) is 0 Å². The van der Waals surface area contributed by atoms with Gasteiger partial charge in [-0.05, 0) is 49.3 Å². The van der Waals surface area contributed by atoms with Crippen LogP contribution < -0.4 is 16.0 Å². The number of hydrogen-bond acceptors (Lipinski definition) is 5. The van der Waals surface area contributed by atoms with Gasteiger partial charge >= 0.3 is 0 Å². The van der Waals surface area contributed by atoms with E-state index in [0.717, 1.165) is 51.6 Å². The van der Waals surface area contributed by atoms with Crippen molar-refractivity contribution in [1.82, 2.24) is 15.5 Å². The summed E-state index contributed by atoms with van der Waals surface area (Å²) in [6, 6.07) is 9.34. The molecule has 7 nitrogen and oxygen atoms in total. The predicted molar refractivity (Wildman–Crippen MR) is 126 cm³/mol. The maximum absolute atomic E-state index is 12.7. The summed E-state index contributed by atoms with van der Waals surface area (Å²) in [4.78, 5) is 39.7. The van der Waals surface area contributed by atoms with Crippen LogP contribution in [0.2, 0.25) is 0 Å². The molecule has 0 spiro atoms. The number of hydrogen-bond donors (Lipinski definition) is 3. The molecule has 3 amide bonds. The fourth-order valence-electron chi connectivity index (χ4n) is 4.41. The summed E-state index contributed by atoms with van der Waals surface area (Å²) in [5.74, 6) is -0.295. The van der Waals surface area contributed by atoms with Crippen LogP contribution >= 0.6 is 11.3 Å².